The number of anilines is 1. The van der Waals surface area contributed by atoms with Crippen molar-refractivity contribution in [2.24, 2.45) is 0 Å². The highest BCUT2D eigenvalue weighted by atomic mass is 19.4. The summed E-state index contributed by atoms with van der Waals surface area (Å²) in [6.07, 6.45) is -2.15. The Bertz CT molecular complexity index is 1200. The van der Waals surface area contributed by atoms with Gasteiger partial charge >= 0.3 is 18.2 Å². The number of imidazole rings is 1. The van der Waals surface area contributed by atoms with Crippen molar-refractivity contribution in [2.45, 2.75) is 38.0 Å². The van der Waals surface area contributed by atoms with Gasteiger partial charge in [0.1, 0.15) is 36.2 Å². The molecule has 0 amide bonds. The van der Waals surface area contributed by atoms with Crippen molar-refractivity contribution in [2.75, 3.05) is 24.6 Å². The van der Waals surface area contributed by atoms with Gasteiger partial charge in [0.25, 0.3) is 0 Å². The number of rotatable bonds is 8. The topological polar surface area (TPSA) is 101 Å². The van der Waals surface area contributed by atoms with Gasteiger partial charge in [0.15, 0.2) is 6.10 Å². The molecule has 10 nitrogen and oxygen atoms in total. The average Bonchev–Trinajstić information content (AvgIpc) is 3.43. The molecule has 13 heteroatoms. The second-order valence-electron chi connectivity index (χ2n) is 8.66. The first kappa shape index (κ1) is 24.5. The first-order valence-electron chi connectivity index (χ1n) is 11.6. The molecular weight excluding hydrogens is 497 g/mol. The maximum atomic E-state index is 12.3. The van der Waals surface area contributed by atoms with Gasteiger partial charge in [0.2, 0.25) is 0 Å². The zero-order valence-electron chi connectivity index (χ0n) is 19.5. The number of alkyl halides is 3. The van der Waals surface area contributed by atoms with Gasteiger partial charge in [-0.2, -0.15) is 0 Å². The smallest absolute Gasteiger partial charge is 0.490 e. The standard InChI is InChI=1S/C24H23F3N4O6/c25-24(26,27)37-20-7-5-18(6-8-20)35-19-9-11-29(12-10-19)16-1-3-17(4-2-16)34-15-21-13-30-14-22(31(32)33)28-23(30)36-21/h1-8,14,19,21H,9-13,15H2/t21-/m1/s1. The number of halogens is 3. The molecule has 196 valence electrons. The lowest BCUT2D eigenvalue weighted by atomic mass is 10.1. The van der Waals surface area contributed by atoms with Crippen molar-refractivity contribution < 1.29 is 37.0 Å². The molecule has 5 rings (SSSR count). The Morgan fingerprint density at radius 3 is 2.30 bits per heavy atom. The molecule has 0 bridgehead atoms. The molecule has 0 spiro atoms. The Balaban J connectivity index is 1.05. The lowest BCUT2D eigenvalue weighted by Crippen LogP contribution is -2.38. The number of aromatic nitrogens is 2. The van der Waals surface area contributed by atoms with Gasteiger partial charge in [-0.25, -0.2) is 0 Å². The van der Waals surface area contributed by atoms with E-state index in [0.29, 0.717) is 18.0 Å². The number of piperidine rings is 1. The summed E-state index contributed by atoms with van der Waals surface area (Å²) in [5.41, 5.74) is 1.05. The molecule has 0 radical (unpaired) electrons. The van der Waals surface area contributed by atoms with Crippen LogP contribution in [-0.2, 0) is 6.54 Å². The average molecular weight is 520 g/mol. The maximum absolute atomic E-state index is 12.3. The highest BCUT2D eigenvalue weighted by Crippen LogP contribution is 2.29. The van der Waals surface area contributed by atoms with E-state index in [2.05, 4.69) is 14.6 Å². The summed E-state index contributed by atoms with van der Waals surface area (Å²) in [7, 11) is 0. The predicted octanol–water partition coefficient (Wildman–Crippen LogP) is 4.58. The van der Waals surface area contributed by atoms with Gasteiger partial charge in [-0.05, 0) is 53.5 Å². The van der Waals surface area contributed by atoms with Gasteiger partial charge in [0, 0.05) is 36.6 Å². The number of ether oxygens (including phenoxy) is 4. The zero-order valence-corrected chi connectivity index (χ0v) is 19.5. The Hall–Kier alpha value is -4.16. The number of hydrogen-bond donors (Lipinski definition) is 0. The fourth-order valence-corrected chi connectivity index (χ4v) is 4.28. The molecular formula is C24H23F3N4O6. The second kappa shape index (κ2) is 10.1. The number of nitrogens with zero attached hydrogens (tertiary/aromatic N) is 4. The predicted molar refractivity (Wildman–Crippen MR) is 124 cm³/mol. The van der Waals surface area contributed by atoms with E-state index in [1.54, 1.807) is 4.57 Å². The molecule has 37 heavy (non-hydrogen) atoms. The molecule has 2 aliphatic rings. The summed E-state index contributed by atoms with van der Waals surface area (Å²) < 4.78 is 59.7. The number of nitro groups is 1. The van der Waals surface area contributed by atoms with Crippen LogP contribution in [-0.4, -0.2) is 52.7 Å². The van der Waals surface area contributed by atoms with E-state index >= 15 is 0 Å². The minimum atomic E-state index is -4.72. The Labute approximate surface area is 209 Å². The third-order valence-corrected chi connectivity index (χ3v) is 6.03. The van der Waals surface area contributed by atoms with Crippen LogP contribution >= 0.6 is 0 Å². The van der Waals surface area contributed by atoms with Crippen LogP contribution in [0.5, 0.6) is 23.3 Å². The summed E-state index contributed by atoms with van der Waals surface area (Å²) in [6.45, 7) is 2.25. The van der Waals surface area contributed by atoms with Gasteiger partial charge in [-0.15, -0.1) is 13.2 Å². The highest BCUT2D eigenvalue weighted by Gasteiger charge is 2.32. The first-order valence-corrected chi connectivity index (χ1v) is 11.6. The third-order valence-electron chi connectivity index (χ3n) is 6.03. The number of hydrogen-bond acceptors (Lipinski definition) is 8. The van der Waals surface area contributed by atoms with Gasteiger partial charge in [0.05, 0.1) is 6.54 Å². The third kappa shape index (κ3) is 6.16. The van der Waals surface area contributed by atoms with Crippen LogP contribution in [0.3, 0.4) is 0 Å². The van der Waals surface area contributed by atoms with Crippen LogP contribution in [0.25, 0.3) is 0 Å². The number of fused-ring (bicyclic) bond motifs is 1. The highest BCUT2D eigenvalue weighted by molar-refractivity contribution is 5.49. The summed E-state index contributed by atoms with van der Waals surface area (Å²) in [5.74, 6) is 0.659. The molecule has 2 aliphatic heterocycles. The minimum Gasteiger partial charge on any atom is -0.490 e. The summed E-state index contributed by atoms with van der Waals surface area (Å²) in [5, 5.41) is 10.8. The van der Waals surface area contributed by atoms with Gasteiger partial charge in [-0.3, -0.25) is 4.57 Å². The zero-order chi connectivity index (χ0) is 26.0. The molecule has 0 N–H and O–H groups in total. The summed E-state index contributed by atoms with van der Waals surface area (Å²) >= 11 is 0. The van der Waals surface area contributed by atoms with E-state index in [0.717, 1.165) is 31.6 Å². The first-order chi connectivity index (χ1) is 17.7. The van der Waals surface area contributed by atoms with Crippen LogP contribution in [0.15, 0.2) is 54.7 Å². The van der Waals surface area contributed by atoms with Crippen molar-refractivity contribution in [3.63, 3.8) is 0 Å². The molecule has 0 saturated carbocycles. The minimum absolute atomic E-state index is 0.0317. The van der Waals surface area contributed by atoms with Crippen molar-refractivity contribution in [1.82, 2.24) is 9.55 Å². The Morgan fingerprint density at radius 2 is 1.68 bits per heavy atom. The largest absolute Gasteiger partial charge is 0.573 e. The molecule has 3 heterocycles. The second-order valence-corrected chi connectivity index (χ2v) is 8.66. The fourth-order valence-electron chi connectivity index (χ4n) is 4.28. The van der Waals surface area contributed by atoms with E-state index in [1.165, 1.54) is 30.5 Å². The van der Waals surface area contributed by atoms with Crippen molar-refractivity contribution in [1.29, 1.82) is 0 Å². The number of benzene rings is 2. The molecule has 1 fully saturated rings. The summed E-state index contributed by atoms with van der Waals surface area (Å²) in [6, 6.07) is 13.3. The van der Waals surface area contributed by atoms with Gasteiger partial charge < -0.3 is 34.0 Å². The van der Waals surface area contributed by atoms with Crippen LogP contribution in [0, 0.1) is 10.1 Å². The van der Waals surface area contributed by atoms with Crippen LogP contribution in [0.2, 0.25) is 0 Å². The maximum Gasteiger partial charge on any atom is 0.573 e. The molecule has 1 aromatic heterocycles. The summed E-state index contributed by atoms with van der Waals surface area (Å²) in [4.78, 5) is 16.3. The SMILES string of the molecule is O=[N+]([O-])c1cn2c(n1)O[C@@H](COc1ccc(N3CCC(Oc4ccc(OC(F)(F)F)cc4)CC3)cc1)C2. The van der Waals surface area contributed by atoms with Crippen molar-refractivity contribution in [3.05, 3.63) is 64.8 Å². The molecule has 3 aromatic rings. The Kier molecular flexibility index (Phi) is 6.68. The monoisotopic (exact) mass is 520 g/mol. The van der Waals surface area contributed by atoms with E-state index < -0.39 is 11.3 Å². The lowest BCUT2D eigenvalue weighted by Gasteiger charge is -2.33. The van der Waals surface area contributed by atoms with E-state index in [4.69, 9.17) is 14.2 Å². The van der Waals surface area contributed by atoms with Crippen molar-refractivity contribution in [3.8, 4) is 23.3 Å². The quantitative estimate of drug-likeness (QED) is 0.314. The van der Waals surface area contributed by atoms with E-state index in [1.807, 2.05) is 24.3 Å². The van der Waals surface area contributed by atoms with Crippen LogP contribution in [0.4, 0.5) is 24.7 Å². The molecule has 0 unspecified atom stereocenters. The molecule has 0 aliphatic carbocycles. The Morgan fingerprint density at radius 1 is 1.03 bits per heavy atom. The molecule has 1 atom stereocenters. The fraction of sp³-hybridized carbons (Fsp3) is 0.375. The normalized spacial score (nSPS) is 17.7. The lowest BCUT2D eigenvalue weighted by molar-refractivity contribution is -0.389. The van der Waals surface area contributed by atoms with E-state index in [9.17, 15) is 23.3 Å². The van der Waals surface area contributed by atoms with Gasteiger partial charge in [-0.1, -0.05) is 0 Å². The van der Waals surface area contributed by atoms with Crippen LogP contribution in [0.1, 0.15) is 12.8 Å². The molecule has 2 aromatic carbocycles. The van der Waals surface area contributed by atoms with Crippen molar-refractivity contribution >= 4 is 11.5 Å². The van der Waals surface area contributed by atoms with Crippen LogP contribution < -0.4 is 23.8 Å². The van der Waals surface area contributed by atoms with E-state index in [-0.39, 0.29) is 36.4 Å². The molecule has 1 saturated heterocycles.